The fraction of sp³-hybridized carbons (Fsp3) is 0.714. The molecule has 20 heavy (non-hydrogen) atoms. The van der Waals surface area contributed by atoms with E-state index in [1.807, 2.05) is 27.7 Å². The summed E-state index contributed by atoms with van der Waals surface area (Å²) in [6.45, 7) is 10.1. The van der Waals surface area contributed by atoms with E-state index < -0.39 is 6.10 Å². The fourth-order valence-corrected chi connectivity index (χ4v) is 2.07. The Balaban J connectivity index is 2.49. The van der Waals surface area contributed by atoms with Gasteiger partial charge in [-0.2, -0.15) is 0 Å². The van der Waals surface area contributed by atoms with Crippen molar-refractivity contribution in [2.24, 2.45) is 0 Å². The highest BCUT2D eigenvalue weighted by molar-refractivity contribution is 5.74. The minimum atomic E-state index is -0.536. The Kier molecular flexibility index (Phi) is 6.01. The molecule has 1 unspecified atom stereocenters. The molecule has 0 aromatic carbocycles. The van der Waals surface area contributed by atoms with Crippen LogP contribution in [0.4, 0.5) is 4.79 Å². The Hall–Kier alpha value is -1.56. The van der Waals surface area contributed by atoms with Crippen LogP contribution in [-0.2, 0) is 6.42 Å². The number of aryl methyl sites for hydroxylation is 2. The normalized spacial score (nSPS) is 12.6. The molecule has 0 radical (unpaired) electrons. The maximum absolute atomic E-state index is 12.1. The van der Waals surface area contributed by atoms with Gasteiger partial charge in [0, 0.05) is 24.7 Å². The third-order valence-corrected chi connectivity index (χ3v) is 3.18. The first kappa shape index (κ1) is 16.5. The summed E-state index contributed by atoms with van der Waals surface area (Å²) in [6, 6.07) is -0.115. The minimum Gasteiger partial charge on any atom is -0.392 e. The third kappa shape index (κ3) is 4.52. The lowest BCUT2D eigenvalue weighted by Gasteiger charge is -2.28. The lowest BCUT2D eigenvalue weighted by molar-refractivity contribution is 0.119. The van der Waals surface area contributed by atoms with Gasteiger partial charge in [0.1, 0.15) is 5.76 Å². The van der Waals surface area contributed by atoms with Gasteiger partial charge in [0.15, 0.2) is 0 Å². The number of aromatic nitrogens is 1. The number of nitrogens with zero attached hydrogens (tertiary/aromatic N) is 2. The summed E-state index contributed by atoms with van der Waals surface area (Å²) >= 11 is 0. The van der Waals surface area contributed by atoms with Crippen molar-refractivity contribution in [2.75, 3.05) is 13.1 Å². The molecule has 0 saturated heterocycles. The molecule has 0 aliphatic heterocycles. The molecule has 1 atom stereocenters. The Morgan fingerprint density at radius 2 is 2.05 bits per heavy atom. The standard InChI is InChI=1S/C14H25N3O3/c1-9(2)17(8-10(3)18)14(19)15-7-6-13-11(4)16-20-12(13)5/h9-10,18H,6-8H2,1-5H3,(H,15,19). The molecule has 0 fully saturated rings. The van der Waals surface area contributed by atoms with Gasteiger partial charge < -0.3 is 19.8 Å². The number of carbonyl (C=O) groups excluding carboxylic acids is 1. The highest BCUT2D eigenvalue weighted by Crippen LogP contribution is 2.12. The first-order valence-corrected chi connectivity index (χ1v) is 6.97. The highest BCUT2D eigenvalue weighted by Gasteiger charge is 2.18. The van der Waals surface area contributed by atoms with E-state index in [0.29, 0.717) is 19.5 Å². The molecule has 0 aliphatic carbocycles. The zero-order valence-electron chi connectivity index (χ0n) is 12.9. The summed E-state index contributed by atoms with van der Waals surface area (Å²) in [5.41, 5.74) is 1.90. The number of aliphatic hydroxyl groups excluding tert-OH is 1. The van der Waals surface area contributed by atoms with Crippen molar-refractivity contribution >= 4 is 6.03 Å². The molecular weight excluding hydrogens is 258 g/mol. The van der Waals surface area contributed by atoms with Crippen LogP contribution in [-0.4, -0.2) is 46.4 Å². The number of urea groups is 1. The number of amides is 2. The van der Waals surface area contributed by atoms with Gasteiger partial charge in [0.2, 0.25) is 0 Å². The largest absolute Gasteiger partial charge is 0.392 e. The quantitative estimate of drug-likeness (QED) is 0.832. The van der Waals surface area contributed by atoms with Crippen molar-refractivity contribution < 1.29 is 14.4 Å². The molecule has 0 bridgehead atoms. The Morgan fingerprint density at radius 1 is 1.40 bits per heavy atom. The molecule has 1 aromatic heterocycles. The zero-order chi connectivity index (χ0) is 15.3. The van der Waals surface area contributed by atoms with Crippen LogP contribution in [0.3, 0.4) is 0 Å². The molecule has 1 rings (SSSR count). The first-order valence-electron chi connectivity index (χ1n) is 6.97. The minimum absolute atomic E-state index is 0.0451. The van der Waals surface area contributed by atoms with Crippen LogP contribution >= 0.6 is 0 Å². The summed E-state index contributed by atoms with van der Waals surface area (Å²) in [7, 11) is 0. The predicted molar refractivity (Wildman–Crippen MR) is 76.6 cm³/mol. The molecular formula is C14H25N3O3. The predicted octanol–water partition coefficient (Wildman–Crippen LogP) is 1.63. The number of nitrogens with one attached hydrogen (secondary N) is 1. The van der Waals surface area contributed by atoms with E-state index in [0.717, 1.165) is 17.0 Å². The Morgan fingerprint density at radius 3 is 2.50 bits per heavy atom. The number of carbonyl (C=O) groups is 1. The van der Waals surface area contributed by atoms with E-state index in [4.69, 9.17) is 4.52 Å². The molecule has 114 valence electrons. The van der Waals surface area contributed by atoms with Crippen molar-refractivity contribution in [3.05, 3.63) is 17.0 Å². The molecule has 0 saturated carbocycles. The Bertz CT molecular complexity index is 421. The number of rotatable bonds is 6. The molecule has 2 amide bonds. The lowest BCUT2D eigenvalue weighted by Crippen LogP contribution is -2.47. The molecule has 6 nitrogen and oxygen atoms in total. The van der Waals surface area contributed by atoms with E-state index in [-0.39, 0.29) is 12.1 Å². The SMILES string of the molecule is Cc1noc(C)c1CCNC(=O)N(CC(C)O)C(C)C. The van der Waals surface area contributed by atoms with Crippen molar-refractivity contribution in [3.63, 3.8) is 0 Å². The molecule has 1 heterocycles. The van der Waals surface area contributed by atoms with E-state index in [9.17, 15) is 9.90 Å². The second-order valence-electron chi connectivity index (χ2n) is 5.38. The molecule has 0 spiro atoms. The maximum Gasteiger partial charge on any atom is 0.317 e. The monoisotopic (exact) mass is 283 g/mol. The van der Waals surface area contributed by atoms with Gasteiger partial charge in [0.05, 0.1) is 11.8 Å². The van der Waals surface area contributed by atoms with Crippen LogP contribution in [0.15, 0.2) is 4.52 Å². The number of hydrogen-bond donors (Lipinski definition) is 2. The summed E-state index contributed by atoms with van der Waals surface area (Å²) in [4.78, 5) is 13.7. The van der Waals surface area contributed by atoms with Gasteiger partial charge in [-0.1, -0.05) is 5.16 Å². The smallest absolute Gasteiger partial charge is 0.317 e. The molecule has 6 heteroatoms. The van der Waals surface area contributed by atoms with Gasteiger partial charge in [0.25, 0.3) is 0 Å². The topological polar surface area (TPSA) is 78.6 Å². The van der Waals surface area contributed by atoms with E-state index in [2.05, 4.69) is 10.5 Å². The molecule has 2 N–H and O–H groups in total. The average molecular weight is 283 g/mol. The number of aliphatic hydroxyl groups is 1. The van der Waals surface area contributed by atoms with Gasteiger partial charge in [-0.3, -0.25) is 0 Å². The second-order valence-corrected chi connectivity index (χ2v) is 5.38. The van der Waals surface area contributed by atoms with Crippen LogP contribution in [0.5, 0.6) is 0 Å². The van der Waals surface area contributed by atoms with E-state index in [1.165, 1.54) is 0 Å². The zero-order valence-corrected chi connectivity index (χ0v) is 12.9. The van der Waals surface area contributed by atoms with Gasteiger partial charge >= 0.3 is 6.03 Å². The van der Waals surface area contributed by atoms with Crippen molar-refractivity contribution in [1.82, 2.24) is 15.4 Å². The lowest BCUT2D eigenvalue weighted by atomic mass is 10.1. The van der Waals surface area contributed by atoms with Crippen molar-refractivity contribution in [2.45, 2.75) is 53.2 Å². The average Bonchev–Trinajstić information content (AvgIpc) is 2.66. The number of hydrogen-bond acceptors (Lipinski definition) is 4. The van der Waals surface area contributed by atoms with E-state index in [1.54, 1.807) is 11.8 Å². The van der Waals surface area contributed by atoms with Crippen LogP contribution in [0.1, 0.15) is 37.8 Å². The second kappa shape index (κ2) is 7.28. The first-order chi connectivity index (χ1) is 9.32. The van der Waals surface area contributed by atoms with Gasteiger partial charge in [-0.25, -0.2) is 4.79 Å². The summed E-state index contributed by atoms with van der Waals surface area (Å²) in [5.74, 6) is 0.793. The third-order valence-electron chi connectivity index (χ3n) is 3.18. The molecule has 1 aromatic rings. The van der Waals surface area contributed by atoms with Gasteiger partial charge in [-0.15, -0.1) is 0 Å². The highest BCUT2D eigenvalue weighted by atomic mass is 16.5. The van der Waals surface area contributed by atoms with Crippen LogP contribution < -0.4 is 5.32 Å². The van der Waals surface area contributed by atoms with E-state index >= 15 is 0 Å². The summed E-state index contributed by atoms with van der Waals surface area (Å²) in [6.07, 6.45) is 0.152. The van der Waals surface area contributed by atoms with Crippen LogP contribution in [0.2, 0.25) is 0 Å². The Labute approximate surface area is 120 Å². The fourth-order valence-electron chi connectivity index (χ4n) is 2.07. The van der Waals surface area contributed by atoms with Crippen molar-refractivity contribution in [3.8, 4) is 0 Å². The maximum atomic E-state index is 12.1. The van der Waals surface area contributed by atoms with Gasteiger partial charge in [-0.05, 0) is 41.0 Å². The van der Waals surface area contributed by atoms with Crippen molar-refractivity contribution in [1.29, 1.82) is 0 Å². The van der Waals surface area contributed by atoms with Crippen LogP contribution in [0.25, 0.3) is 0 Å². The summed E-state index contributed by atoms with van der Waals surface area (Å²) in [5, 5.41) is 16.2. The molecule has 0 aliphatic rings. The van der Waals surface area contributed by atoms with Crippen LogP contribution in [0, 0.1) is 13.8 Å². The summed E-state index contributed by atoms with van der Waals surface area (Å²) < 4.78 is 5.08.